The molecule has 1 aliphatic rings. The van der Waals surface area contributed by atoms with Crippen molar-refractivity contribution in [2.45, 2.75) is 44.5 Å². The van der Waals surface area contributed by atoms with Crippen LogP contribution in [-0.4, -0.2) is 18.8 Å². The third kappa shape index (κ3) is 4.28. The van der Waals surface area contributed by atoms with Crippen molar-refractivity contribution in [2.75, 3.05) is 6.61 Å². The highest BCUT2D eigenvalue weighted by Crippen LogP contribution is 2.19. The molecule has 0 radical (unpaired) electrons. The van der Waals surface area contributed by atoms with Crippen LogP contribution in [-0.2, 0) is 16.1 Å². The smallest absolute Gasteiger partial charge is 0.0813 e. The topological polar surface area (TPSA) is 18.5 Å². The van der Waals surface area contributed by atoms with Gasteiger partial charge in [0.15, 0.2) is 0 Å². The van der Waals surface area contributed by atoms with E-state index in [2.05, 4.69) is 18.7 Å². The van der Waals surface area contributed by atoms with Crippen LogP contribution in [0.3, 0.4) is 0 Å². The maximum atomic E-state index is 5.92. The first-order valence-electron chi connectivity index (χ1n) is 6.76. The summed E-state index contributed by atoms with van der Waals surface area (Å²) in [6, 6.07) is 10.3. The summed E-state index contributed by atoms with van der Waals surface area (Å²) in [5.74, 6) is 0. The van der Waals surface area contributed by atoms with Crippen molar-refractivity contribution < 1.29 is 9.47 Å². The molecule has 1 heterocycles. The maximum absolute atomic E-state index is 5.92. The molecular weight excluding hydrogens is 224 g/mol. The lowest BCUT2D eigenvalue weighted by Gasteiger charge is -2.16. The van der Waals surface area contributed by atoms with E-state index in [0.29, 0.717) is 19.3 Å². The molecule has 1 aromatic rings. The Hall–Kier alpha value is -1.12. The van der Waals surface area contributed by atoms with Gasteiger partial charge in [0.05, 0.1) is 25.4 Å². The first-order valence-corrected chi connectivity index (χ1v) is 6.76. The molecule has 0 bridgehead atoms. The molecule has 2 nitrogen and oxygen atoms in total. The highest BCUT2D eigenvalue weighted by molar-refractivity contribution is 5.13. The Bertz CT molecular complexity index is 347. The van der Waals surface area contributed by atoms with Gasteiger partial charge < -0.3 is 9.47 Å². The van der Waals surface area contributed by atoms with E-state index >= 15 is 0 Å². The molecule has 0 N–H and O–H groups in total. The predicted octanol–water partition coefficient (Wildman–Crippen LogP) is 3.72. The lowest BCUT2D eigenvalue weighted by Crippen LogP contribution is -2.20. The molecular formula is C16H22O2. The van der Waals surface area contributed by atoms with E-state index in [0.717, 1.165) is 19.3 Å². The van der Waals surface area contributed by atoms with E-state index in [1.54, 1.807) is 0 Å². The van der Waals surface area contributed by atoms with E-state index in [1.807, 2.05) is 24.3 Å². The minimum absolute atomic E-state index is 0.236. The standard InChI is InChI=1S/C16H22O2/c1-2-7-15-10-6-11-16(13-18-15)17-12-14-8-4-3-5-9-14/h2-5,8-9,15-16H,1,6-7,10-13H2/t15-,16-/m0/s1. The SMILES string of the molecule is C=CC[C@H]1CCC[C@H](OCc2ccccc2)CO1. The average Bonchev–Trinajstić information content (AvgIpc) is 2.64. The lowest BCUT2D eigenvalue weighted by atomic mass is 10.1. The molecule has 18 heavy (non-hydrogen) atoms. The van der Waals surface area contributed by atoms with E-state index < -0.39 is 0 Å². The van der Waals surface area contributed by atoms with Crippen molar-refractivity contribution in [3.05, 3.63) is 48.6 Å². The summed E-state index contributed by atoms with van der Waals surface area (Å²) in [6.45, 7) is 5.16. The molecule has 1 fully saturated rings. The minimum atomic E-state index is 0.236. The molecule has 1 saturated heterocycles. The Morgan fingerprint density at radius 2 is 2.11 bits per heavy atom. The van der Waals surface area contributed by atoms with Gasteiger partial charge in [0.1, 0.15) is 0 Å². The van der Waals surface area contributed by atoms with Gasteiger partial charge in [-0.1, -0.05) is 36.4 Å². The fourth-order valence-corrected chi connectivity index (χ4v) is 2.27. The normalized spacial score (nSPS) is 24.4. The van der Waals surface area contributed by atoms with Crippen LogP contribution in [0.15, 0.2) is 43.0 Å². The second-order valence-electron chi connectivity index (χ2n) is 4.83. The molecule has 2 heteroatoms. The zero-order valence-corrected chi connectivity index (χ0v) is 10.9. The molecule has 0 amide bonds. The fraction of sp³-hybridized carbons (Fsp3) is 0.500. The Morgan fingerprint density at radius 3 is 2.89 bits per heavy atom. The van der Waals surface area contributed by atoms with Crippen LogP contribution < -0.4 is 0 Å². The molecule has 0 unspecified atom stereocenters. The molecule has 2 atom stereocenters. The average molecular weight is 246 g/mol. The number of rotatable bonds is 5. The summed E-state index contributed by atoms with van der Waals surface area (Å²) in [4.78, 5) is 0. The number of ether oxygens (including phenoxy) is 2. The second-order valence-corrected chi connectivity index (χ2v) is 4.83. The van der Waals surface area contributed by atoms with Gasteiger partial charge in [-0.25, -0.2) is 0 Å². The van der Waals surface area contributed by atoms with Crippen LogP contribution in [0.4, 0.5) is 0 Å². The maximum Gasteiger partial charge on any atom is 0.0813 e. The van der Waals surface area contributed by atoms with Gasteiger partial charge >= 0.3 is 0 Å². The fourth-order valence-electron chi connectivity index (χ4n) is 2.27. The van der Waals surface area contributed by atoms with E-state index in [-0.39, 0.29) is 6.10 Å². The molecule has 0 aromatic heterocycles. The van der Waals surface area contributed by atoms with Crippen LogP contribution in [0.5, 0.6) is 0 Å². The van der Waals surface area contributed by atoms with Gasteiger partial charge in [-0.3, -0.25) is 0 Å². The van der Waals surface area contributed by atoms with Crippen molar-refractivity contribution in [3.63, 3.8) is 0 Å². The number of benzene rings is 1. The number of hydrogen-bond acceptors (Lipinski definition) is 2. The van der Waals surface area contributed by atoms with Crippen molar-refractivity contribution in [2.24, 2.45) is 0 Å². The van der Waals surface area contributed by atoms with Crippen LogP contribution >= 0.6 is 0 Å². The zero-order chi connectivity index (χ0) is 12.6. The van der Waals surface area contributed by atoms with Crippen molar-refractivity contribution >= 4 is 0 Å². The van der Waals surface area contributed by atoms with Crippen LogP contribution in [0.1, 0.15) is 31.2 Å². The Morgan fingerprint density at radius 1 is 1.28 bits per heavy atom. The lowest BCUT2D eigenvalue weighted by molar-refractivity contribution is -0.0376. The molecule has 98 valence electrons. The molecule has 0 saturated carbocycles. The minimum Gasteiger partial charge on any atom is -0.375 e. The predicted molar refractivity (Wildman–Crippen MR) is 73.4 cm³/mol. The highest BCUT2D eigenvalue weighted by Gasteiger charge is 2.18. The van der Waals surface area contributed by atoms with E-state index in [1.165, 1.54) is 12.0 Å². The highest BCUT2D eigenvalue weighted by atomic mass is 16.5. The summed E-state index contributed by atoms with van der Waals surface area (Å²) >= 11 is 0. The summed E-state index contributed by atoms with van der Waals surface area (Å²) < 4.78 is 11.8. The zero-order valence-electron chi connectivity index (χ0n) is 10.9. The van der Waals surface area contributed by atoms with Crippen molar-refractivity contribution in [3.8, 4) is 0 Å². The summed E-state index contributed by atoms with van der Waals surface area (Å²) in [5.41, 5.74) is 1.23. The second kappa shape index (κ2) is 7.34. The Kier molecular flexibility index (Phi) is 5.43. The molecule has 1 aliphatic heterocycles. The largest absolute Gasteiger partial charge is 0.375 e. The molecule has 0 aliphatic carbocycles. The van der Waals surface area contributed by atoms with Crippen LogP contribution in [0, 0.1) is 0 Å². The van der Waals surface area contributed by atoms with Crippen LogP contribution in [0.25, 0.3) is 0 Å². The van der Waals surface area contributed by atoms with Crippen LogP contribution in [0.2, 0.25) is 0 Å². The molecule has 1 aromatic carbocycles. The first kappa shape index (κ1) is 13.3. The monoisotopic (exact) mass is 246 g/mol. The summed E-state index contributed by atoms with van der Waals surface area (Å²) in [5, 5.41) is 0. The van der Waals surface area contributed by atoms with Crippen molar-refractivity contribution in [1.82, 2.24) is 0 Å². The Balaban J connectivity index is 1.75. The third-order valence-electron chi connectivity index (χ3n) is 3.33. The Labute approximate surface area is 110 Å². The summed E-state index contributed by atoms with van der Waals surface area (Å²) in [6.07, 6.45) is 6.87. The molecule has 2 rings (SSSR count). The quantitative estimate of drug-likeness (QED) is 0.737. The third-order valence-corrected chi connectivity index (χ3v) is 3.33. The van der Waals surface area contributed by atoms with Gasteiger partial charge in [0.25, 0.3) is 0 Å². The van der Waals surface area contributed by atoms with Gasteiger partial charge in [0, 0.05) is 0 Å². The first-order chi connectivity index (χ1) is 8.88. The van der Waals surface area contributed by atoms with Gasteiger partial charge in [0.2, 0.25) is 0 Å². The molecule has 0 spiro atoms. The van der Waals surface area contributed by atoms with Gasteiger partial charge in [-0.2, -0.15) is 0 Å². The van der Waals surface area contributed by atoms with Gasteiger partial charge in [-0.15, -0.1) is 6.58 Å². The van der Waals surface area contributed by atoms with Gasteiger partial charge in [-0.05, 0) is 31.2 Å². The summed E-state index contributed by atoms with van der Waals surface area (Å²) in [7, 11) is 0. The number of hydrogen-bond donors (Lipinski definition) is 0. The van der Waals surface area contributed by atoms with E-state index in [9.17, 15) is 0 Å². The van der Waals surface area contributed by atoms with E-state index in [4.69, 9.17) is 9.47 Å². The van der Waals surface area contributed by atoms with Crippen molar-refractivity contribution in [1.29, 1.82) is 0 Å².